The van der Waals surface area contributed by atoms with E-state index >= 15 is 0 Å². The molecular weight excluding hydrogens is 242 g/mol. The molecule has 0 unspecified atom stereocenters. The molecular formula is C13H13N5O. The first-order valence-corrected chi connectivity index (χ1v) is 5.64. The van der Waals surface area contributed by atoms with Crippen molar-refractivity contribution >= 4 is 11.7 Å². The molecule has 0 atom stereocenters. The predicted molar refractivity (Wildman–Crippen MR) is 71.3 cm³/mol. The monoisotopic (exact) mass is 255 g/mol. The molecule has 2 heterocycles. The second kappa shape index (κ2) is 5.80. The SMILES string of the molecule is Cn1cnc(C(=O)Nc2cccc(C#CCN)n2)c1. The first-order chi connectivity index (χ1) is 9.19. The van der Waals surface area contributed by atoms with Gasteiger partial charge in [-0.15, -0.1) is 0 Å². The fourth-order valence-corrected chi connectivity index (χ4v) is 1.43. The quantitative estimate of drug-likeness (QED) is 0.759. The Morgan fingerprint density at radius 2 is 2.37 bits per heavy atom. The van der Waals surface area contributed by atoms with Crippen molar-refractivity contribution in [1.82, 2.24) is 14.5 Å². The van der Waals surface area contributed by atoms with E-state index in [0.29, 0.717) is 17.2 Å². The van der Waals surface area contributed by atoms with Crippen molar-refractivity contribution in [2.45, 2.75) is 0 Å². The van der Waals surface area contributed by atoms with Gasteiger partial charge in [0.25, 0.3) is 5.91 Å². The molecule has 0 saturated carbocycles. The first-order valence-electron chi connectivity index (χ1n) is 5.64. The fourth-order valence-electron chi connectivity index (χ4n) is 1.43. The number of nitrogens with two attached hydrogens (primary N) is 1. The molecule has 0 bridgehead atoms. The molecule has 2 rings (SSSR count). The second-order valence-corrected chi connectivity index (χ2v) is 3.79. The smallest absolute Gasteiger partial charge is 0.276 e. The third-order valence-electron chi connectivity index (χ3n) is 2.25. The molecule has 0 saturated heterocycles. The lowest BCUT2D eigenvalue weighted by Gasteiger charge is -2.02. The van der Waals surface area contributed by atoms with E-state index in [4.69, 9.17) is 5.73 Å². The zero-order chi connectivity index (χ0) is 13.7. The molecule has 0 aliphatic heterocycles. The topological polar surface area (TPSA) is 85.8 Å². The van der Waals surface area contributed by atoms with Gasteiger partial charge in [0, 0.05) is 13.2 Å². The Hall–Kier alpha value is -2.65. The van der Waals surface area contributed by atoms with Gasteiger partial charge >= 0.3 is 0 Å². The molecule has 0 aromatic carbocycles. The van der Waals surface area contributed by atoms with Gasteiger partial charge in [0.2, 0.25) is 0 Å². The maximum Gasteiger partial charge on any atom is 0.276 e. The van der Waals surface area contributed by atoms with Gasteiger partial charge in [0.15, 0.2) is 0 Å². The Kier molecular flexibility index (Phi) is 3.90. The van der Waals surface area contributed by atoms with Gasteiger partial charge < -0.3 is 15.6 Å². The number of carbonyl (C=O) groups excluding carboxylic acids is 1. The molecule has 96 valence electrons. The van der Waals surface area contributed by atoms with Gasteiger partial charge in [-0.1, -0.05) is 12.0 Å². The Bertz CT molecular complexity index is 650. The van der Waals surface area contributed by atoms with Crippen molar-refractivity contribution in [3.8, 4) is 11.8 Å². The van der Waals surface area contributed by atoms with Gasteiger partial charge in [-0.2, -0.15) is 0 Å². The highest BCUT2D eigenvalue weighted by atomic mass is 16.2. The van der Waals surface area contributed by atoms with Crippen LogP contribution in [-0.2, 0) is 7.05 Å². The number of aryl methyl sites for hydroxylation is 1. The molecule has 0 radical (unpaired) electrons. The normalized spacial score (nSPS) is 9.58. The largest absolute Gasteiger partial charge is 0.340 e. The zero-order valence-corrected chi connectivity index (χ0v) is 10.4. The van der Waals surface area contributed by atoms with Crippen molar-refractivity contribution in [2.24, 2.45) is 12.8 Å². The number of amides is 1. The lowest BCUT2D eigenvalue weighted by molar-refractivity contribution is 0.102. The van der Waals surface area contributed by atoms with Gasteiger partial charge in [0.05, 0.1) is 12.9 Å². The van der Waals surface area contributed by atoms with E-state index in [0.717, 1.165) is 0 Å². The van der Waals surface area contributed by atoms with Crippen molar-refractivity contribution < 1.29 is 4.79 Å². The first kappa shape index (κ1) is 12.8. The van der Waals surface area contributed by atoms with Gasteiger partial charge in [-0.25, -0.2) is 9.97 Å². The van der Waals surface area contributed by atoms with E-state index < -0.39 is 0 Å². The molecule has 3 N–H and O–H groups in total. The average molecular weight is 255 g/mol. The summed E-state index contributed by atoms with van der Waals surface area (Å²) in [4.78, 5) is 20.0. The van der Waals surface area contributed by atoms with Crippen LogP contribution in [0.5, 0.6) is 0 Å². The second-order valence-electron chi connectivity index (χ2n) is 3.79. The summed E-state index contributed by atoms with van der Waals surface area (Å²) in [6, 6.07) is 5.20. The molecule has 2 aromatic heterocycles. The zero-order valence-electron chi connectivity index (χ0n) is 10.4. The molecule has 2 aromatic rings. The Morgan fingerprint density at radius 3 is 3.05 bits per heavy atom. The third-order valence-corrected chi connectivity index (χ3v) is 2.25. The minimum atomic E-state index is -0.308. The highest BCUT2D eigenvalue weighted by Gasteiger charge is 2.09. The van der Waals surface area contributed by atoms with Crippen molar-refractivity contribution in [3.63, 3.8) is 0 Å². The summed E-state index contributed by atoms with van der Waals surface area (Å²) < 4.78 is 1.70. The van der Waals surface area contributed by atoms with Crippen LogP contribution < -0.4 is 11.1 Å². The summed E-state index contributed by atoms with van der Waals surface area (Å²) in [6.07, 6.45) is 3.19. The number of rotatable bonds is 2. The number of hydrogen-bond donors (Lipinski definition) is 2. The average Bonchev–Trinajstić information content (AvgIpc) is 2.83. The van der Waals surface area contributed by atoms with Crippen molar-refractivity contribution in [3.05, 3.63) is 42.1 Å². The standard InChI is InChI=1S/C13H13N5O/c1-18-8-11(15-9-18)13(19)17-12-6-2-4-10(16-12)5-3-7-14/h2,4,6,8-9H,7,14H2,1H3,(H,16,17,19). The molecule has 19 heavy (non-hydrogen) atoms. The van der Waals surface area contributed by atoms with E-state index in [-0.39, 0.29) is 12.5 Å². The van der Waals surface area contributed by atoms with Crippen LogP contribution >= 0.6 is 0 Å². The number of anilines is 1. The van der Waals surface area contributed by atoms with E-state index in [1.165, 1.54) is 0 Å². The Morgan fingerprint density at radius 1 is 1.53 bits per heavy atom. The maximum absolute atomic E-state index is 11.9. The minimum absolute atomic E-state index is 0.270. The summed E-state index contributed by atoms with van der Waals surface area (Å²) in [5.41, 5.74) is 6.19. The lowest BCUT2D eigenvalue weighted by Crippen LogP contribution is -2.13. The van der Waals surface area contributed by atoms with Crippen LogP contribution in [0.25, 0.3) is 0 Å². The van der Waals surface area contributed by atoms with Gasteiger partial charge in [-0.3, -0.25) is 4.79 Å². The summed E-state index contributed by atoms with van der Waals surface area (Å²) in [7, 11) is 1.80. The number of nitrogens with zero attached hydrogens (tertiary/aromatic N) is 3. The molecule has 0 aliphatic carbocycles. The molecule has 6 heteroatoms. The minimum Gasteiger partial charge on any atom is -0.340 e. The number of imidazole rings is 1. The molecule has 0 spiro atoms. The molecule has 1 amide bonds. The number of carbonyl (C=O) groups is 1. The van der Waals surface area contributed by atoms with E-state index in [2.05, 4.69) is 27.1 Å². The predicted octanol–water partition coefficient (Wildman–Crippen LogP) is 0.378. The third kappa shape index (κ3) is 3.40. The van der Waals surface area contributed by atoms with Gasteiger partial charge in [-0.05, 0) is 18.1 Å². The van der Waals surface area contributed by atoms with Crippen LogP contribution in [0.3, 0.4) is 0 Å². The summed E-state index contributed by atoms with van der Waals surface area (Å²) in [5.74, 6) is 5.63. The molecule has 6 nitrogen and oxygen atoms in total. The molecule has 0 aliphatic rings. The number of pyridine rings is 1. The van der Waals surface area contributed by atoms with E-state index in [9.17, 15) is 4.79 Å². The Labute approximate surface area is 110 Å². The fraction of sp³-hybridized carbons (Fsp3) is 0.154. The maximum atomic E-state index is 11.9. The Balaban J connectivity index is 2.13. The van der Waals surface area contributed by atoms with Crippen LogP contribution in [0.4, 0.5) is 5.82 Å². The van der Waals surface area contributed by atoms with Crippen molar-refractivity contribution in [1.29, 1.82) is 0 Å². The van der Waals surface area contributed by atoms with Crippen LogP contribution in [0.15, 0.2) is 30.7 Å². The van der Waals surface area contributed by atoms with Crippen LogP contribution in [0.2, 0.25) is 0 Å². The summed E-state index contributed by atoms with van der Waals surface area (Å²) in [6.45, 7) is 0.270. The van der Waals surface area contributed by atoms with E-state index in [1.807, 2.05) is 0 Å². The number of aromatic nitrogens is 3. The summed E-state index contributed by atoms with van der Waals surface area (Å²) >= 11 is 0. The van der Waals surface area contributed by atoms with Crippen LogP contribution in [0, 0.1) is 11.8 Å². The summed E-state index contributed by atoms with van der Waals surface area (Å²) in [5, 5.41) is 2.66. The van der Waals surface area contributed by atoms with Gasteiger partial charge in [0.1, 0.15) is 17.2 Å². The van der Waals surface area contributed by atoms with Crippen LogP contribution in [0.1, 0.15) is 16.2 Å². The van der Waals surface area contributed by atoms with E-state index in [1.54, 1.807) is 42.3 Å². The number of hydrogen-bond acceptors (Lipinski definition) is 4. The lowest BCUT2D eigenvalue weighted by atomic mass is 10.3. The highest BCUT2D eigenvalue weighted by Crippen LogP contribution is 2.06. The number of nitrogens with one attached hydrogen (secondary N) is 1. The molecule has 0 fully saturated rings. The highest BCUT2D eigenvalue weighted by molar-refractivity contribution is 6.02. The van der Waals surface area contributed by atoms with Crippen molar-refractivity contribution in [2.75, 3.05) is 11.9 Å². The van der Waals surface area contributed by atoms with Crippen LogP contribution in [-0.4, -0.2) is 27.0 Å².